The Morgan fingerprint density at radius 1 is 1.22 bits per heavy atom. The summed E-state index contributed by atoms with van der Waals surface area (Å²) in [5.41, 5.74) is 7.03. The zero-order valence-electron chi connectivity index (χ0n) is 25.2. The van der Waals surface area contributed by atoms with Gasteiger partial charge in [0.15, 0.2) is 8.32 Å². The molecular formula is C32H41FN6OSi. The number of hydrogen-bond acceptors (Lipinski definition) is 7. The molecule has 216 valence electrons. The van der Waals surface area contributed by atoms with Gasteiger partial charge < -0.3 is 15.1 Å². The minimum atomic E-state index is -1.95. The third-order valence-corrected chi connectivity index (χ3v) is 13.4. The van der Waals surface area contributed by atoms with Crippen LogP contribution in [0.25, 0.3) is 11.3 Å². The van der Waals surface area contributed by atoms with Crippen molar-refractivity contribution < 1.29 is 8.82 Å². The lowest BCUT2D eigenvalue weighted by molar-refractivity contribution is 0.0591. The lowest BCUT2D eigenvalue weighted by Crippen LogP contribution is -2.47. The van der Waals surface area contributed by atoms with Gasteiger partial charge in [-0.3, -0.25) is 4.90 Å². The number of likely N-dealkylation sites (tertiary alicyclic amines) is 1. The highest BCUT2D eigenvalue weighted by Gasteiger charge is 2.42. The lowest BCUT2D eigenvalue weighted by Gasteiger charge is -2.39. The smallest absolute Gasteiger partial charge is 0.227 e. The van der Waals surface area contributed by atoms with Crippen LogP contribution < -0.4 is 10.6 Å². The van der Waals surface area contributed by atoms with E-state index >= 15 is 0 Å². The molecule has 0 saturated carbocycles. The Morgan fingerprint density at radius 3 is 2.66 bits per heavy atom. The molecule has 3 heterocycles. The number of fused-ring (bicyclic) bond motifs is 1. The number of halogens is 1. The second kappa shape index (κ2) is 10.8. The lowest BCUT2D eigenvalue weighted by atomic mass is 9.83. The number of rotatable bonds is 8. The second-order valence-corrected chi connectivity index (χ2v) is 18.2. The number of nitrogens with one attached hydrogen (secondary N) is 2. The first-order valence-corrected chi connectivity index (χ1v) is 17.2. The number of aromatic nitrogens is 2. The van der Waals surface area contributed by atoms with Gasteiger partial charge in [0.2, 0.25) is 5.95 Å². The summed E-state index contributed by atoms with van der Waals surface area (Å²) in [4.78, 5) is 11.4. The first-order valence-electron chi connectivity index (χ1n) is 14.3. The van der Waals surface area contributed by atoms with E-state index in [1.807, 2.05) is 19.1 Å². The maximum absolute atomic E-state index is 13.3. The summed E-state index contributed by atoms with van der Waals surface area (Å²) in [7, 11) is -1.95. The zero-order chi connectivity index (χ0) is 29.6. The number of anilines is 3. The summed E-state index contributed by atoms with van der Waals surface area (Å²) in [6.07, 6.45) is 1.02. The molecular weight excluding hydrogens is 531 g/mol. The summed E-state index contributed by atoms with van der Waals surface area (Å²) in [5.74, 6) is 0.483. The average molecular weight is 573 g/mol. The Balaban J connectivity index is 1.41. The van der Waals surface area contributed by atoms with E-state index in [0.717, 1.165) is 39.3 Å². The molecule has 2 aromatic carbocycles. The van der Waals surface area contributed by atoms with Crippen LogP contribution in [0.2, 0.25) is 18.1 Å². The molecule has 0 radical (unpaired) electrons. The van der Waals surface area contributed by atoms with Crippen LogP contribution in [-0.2, 0) is 16.4 Å². The van der Waals surface area contributed by atoms with Gasteiger partial charge in [-0.2, -0.15) is 5.26 Å². The number of alkyl halides is 1. The van der Waals surface area contributed by atoms with Crippen molar-refractivity contribution in [3.63, 3.8) is 0 Å². The summed E-state index contributed by atoms with van der Waals surface area (Å²) in [6, 6.07) is 14.5. The van der Waals surface area contributed by atoms with Gasteiger partial charge in [0.25, 0.3) is 0 Å². The molecule has 0 unspecified atom stereocenters. The number of nitriles is 1. The number of hydrogen-bond donors (Lipinski definition) is 2. The summed E-state index contributed by atoms with van der Waals surface area (Å²) in [5, 5.41) is 17.0. The van der Waals surface area contributed by atoms with Gasteiger partial charge in [-0.05, 0) is 66.0 Å². The normalized spacial score (nSPS) is 19.3. The molecule has 1 saturated heterocycles. The van der Waals surface area contributed by atoms with Crippen molar-refractivity contribution >= 4 is 25.6 Å². The van der Waals surface area contributed by atoms with Gasteiger partial charge in [-0.1, -0.05) is 39.8 Å². The maximum atomic E-state index is 13.3. The molecule has 0 amide bonds. The van der Waals surface area contributed by atoms with Crippen LogP contribution in [0.4, 0.5) is 21.7 Å². The van der Waals surface area contributed by atoms with Crippen molar-refractivity contribution in [3.8, 4) is 17.3 Å². The van der Waals surface area contributed by atoms with Gasteiger partial charge in [0, 0.05) is 55.6 Å². The molecule has 0 bridgehead atoms. The van der Waals surface area contributed by atoms with E-state index in [1.165, 1.54) is 0 Å². The van der Waals surface area contributed by atoms with Crippen LogP contribution >= 0.6 is 0 Å². The van der Waals surface area contributed by atoms with Gasteiger partial charge in [-0.15, -0.1) is 0 Å². The SMILES string of the molecule is Cc1ccc(CN2CC(F)C2)cc1Nc1nccc(-c2cc(C#N)c3c(c2)[C@@](C)(CO[Si](C)(C)C(C)(C)C)CN3)n1. The average Bonchev–Trinajstić information content (AvgIpc) is 3.24. The zero-order valence-corrected chi connectivity index (χ0v) is 26.2. The highest BCUT2D eigenvalue weighted by atomic mass is 28.4. The molecule has 1 fully saturated rings. The standard InChI is InChI=1S/C32H41FN6OSi/c1-21-8-9-22(16-39-17-25(33)18-39)12-28(21)38-30-35-11-10-27(37-30)23-13-24(15-34)29-26(14-23)32(5,19-36-29)20-40-41(6,7)31(2,3)4/h8-14,25,36H,16-20H2,1-7H3,(H,35,37,38)/t32-/m1/s1. The van der Waals surface area contributed by atoms with Crippen LogP contribution in [0.5, 0.6) is 0 Å². The largest absolute Gasteiger partial charge is 0.416 e. The van der Waals surface area contributed by atoms with Gasteiger partial charge in [0.05, 0.1) is 16.9 Å². The third-order valence-electron chi connectivity index (χ3n) is 8.94. The molecule has 3 aromatic rings. The number of benzene rings is 2. The van der Waals surface area contributed by atoms with Crippen LogP contribution in [-0.4, -0.2) is 55.6 Å². The third kappa shape index (κ3) is 6.01. The molecule has 1 atom stereocenters. The van der Waals surface area contributed by atoms with Gasteiger partial charge >= 0.3 is 0 Å². The molecule has 9 heteroatoms. The van der Waals surface area contributed by atoms with Crippen molar-refractivity contribution in [3.05, 3.63) is 64.8 Å². The number of aryl methyl sites for hydroxylation is 1. The van der Waals surface area contributed by atoms with Crippen LogP contribution in [0.15, 0.2) is 42.6 Å². The van der Waals surface area contributed by atoms with E-state index in [2.05, 4.69) is 91.6 Å². The van der Waals surface area contributed by atoms with Crippen molar-refractivity contribution in [2.75, 3.05) is 36.9 Å². The summed E-state index contributed by atoms with van der Waals surface area (Å²) < 4.78 is 19.9. The fourth-order valence-electron chi connectivity index (χ4n) is 5.10. The molecule has 7 nitrogen and oxygen atoms in total. The molecule has 0 aliphatic carbocycles. The Morgan fingerprint density at radius 2 is 1.98 bits per heavy atom. The van der Waals surface area contributed by atoms with E-state index in [9.17, 15) is 9.65 Å². The van der Waals surface area contributed by atoms with E-state index in [4.69, 9.17) is 9.41 Å². The predicted octanol–water partition coefficient (Wildman–Crippen LogP) is 6.93. The molecule has 0 spiro atoms. The van der Waals surface area contributed by atoms with Crippen LogP contribution in [0, 0.1) is 18.3 Å². The topological polar surface area (TPSA) is 86.1 Å². The van der Waals surface area contributed by atoms with Crippen LogP contribution in [0.1, 0.15) is 49.9 Å². The minimum absolute atomic E-state index is 0.118. The summed E-state index contributed by atoms with van der Waals surface area (Å²) >= 11 is 0. The predicted molar refractivity (Wildman–Crippen MR) is 166 cm³/mol. The Bertz CT molecular complexity index is 1490. The first kappa shape index (κ1) is 29.2. The number of nitrogens with zero attached hydrogens (tertiary/aromatic N) is 4. The van der Waals surface area contributed by atoms with Gasteiger partial charge in [-0.25, -0.2) is 14.4 Å². The quantitative estimate of drug-likeness (QED) is 0.283. The molecule has 2 N–H and O–H groups in total. The monoisotopic (exact) mass is 572 g/mol. The molecule has 2 aliphatic rings. The Labute approximate surface area is 244 Å². The van der Waals surface area contributed by atoms with Crippen LogP contribution in [0.3, 0.4) is 0 Å². The Hall–Kier alpha value is -3.32. The molecule has 5 rings (SSSR count). The van der Waals surface area contributed by atoms with Crippen molar-refractivity contribution in [2.45, 2.75) is 70.9 Å². The molecule has 2 aliphatic heterocycles. The van der Waals surface area contributed by atoms with E-state index in [0.29, 0.717) is 44.3 Å². The fourth-order valence-corrected chi connectivity index (χ4v) is 6.22. The molecule has 41 heavy (non-hydrogen) atoms. The highest BCUT2D eigenvalue weighted by molar-refractivity contribution is 6.74. The molecule has 1 aromatic heterocycles. The first-order chi connectivity index (χ1) is 19.3. The van der Waals surface area contributed by atoms with E-state index in [1.54, 1.807) is 6.20 Å². The van der Waals surface area contributed by atoms with Crippen molar-refractivity contribution in [1.82, 2.24) is 14.9 Å². The summed E-state index contributed by atoms with van der Waals surface area (Å²) in [6.45, 7) is 18.5. The fraction of sp³-hybridized carbons (Fsp3) is 0.469. The van der Waals surface area contributed by atoms with Gasteiger partial charge in [0.1, 0.15) is 12.2 Å². The minimum Gasteiger partial charge on any atom is -0.416 e. The van der Waals surface area contributed by atoms with E-state index in [-0.39, 0.29) is 10.5 Å². The second-order valence-electron chi connectivity index (χ2n) is 13.4. The van der Waals surface area contributed by atoms with Crippen molar-refractivity contribution in [1.29, 1.82) is 5.26 Å². The van der Waals surface area contributed by atoms with E-state index < -0.39 is 14.5 Å². The highest BCUT2D eigenvalue weighted by Crippen LogP contribution is 2.44. The van der Waals surface area contributed by atoms with Crippen molar-refractivity contribution in [2.24, 2.45) is 0 Å². The Kier molecular flexibility index (Phi) is 7.70. The maximum Gasteiger partial charge on any atom is 0.227 e.